The minimum absolute atomic E-state index is 0.0182. The number of rotatable bonds is 7. The van der Waals surface area contributed by atoms with Crippen LogP contribution < -0.4 is 9.04 Å². The van der Waals surface area contributed by atoms with Crippen molar-refractivity contribution in [2.45, 2.75) is 111 Å². The maximum atomic E-state index is 14.7. The maximum Gasteiger partial charge on any atom is 0.427 e. The van der Waals surface area contributed by atoms with Crippen LogP contribution in [0.5, 0.6) is 5.75 Å². The number of nitrogens with zero attached hydrogens (tertiary/aromatic N) is 2. The third-order valence-corrected chi connectivity index (χ3v) is 10.2. The zero-order chi connectivity index (χ0) is 38.8. The number of fused-ring (bicyclic) bond motifs is 1. The van der Waals surface area contributed by atoms with Gasteiger partial charge in [-0.3, -0.25) is 9.36 Å². The molecule has 0 radical (unpaired) electrons. The van der Waals surface area contributed by atoms with Crippen LogP contribution in [-0.4, -0.2) is 77.7 Å². The number of hydrogen-bond acceptors (Lipinski definition) is 10. The van der Waals surface area contributed by atoms with Gasteiger partial charge < -0.3 is 18.9 Å². The summed E-state index contributed by atoms with van der Waals surface area (Å²) >= 11 is 0. The van der Waals surface area contributed by atoms with E-state index in [4.69, 9.17) is 18.9 Å². The molecule has 0 unspecified atom stereocenters. The highest BCUT2D eigenvalue weighted by Crippen LogP contribution is 2.38. The van der Waals surface area contributed by atoms with Crippen LogP contribution in [0.25, 0.3) is 10.9 Å². The molecule has 0 bridgehead atoms. The van der Waals surface area contributed by atoms with Crippen LogP contribution >= 0.6 is 0 Å². The molecule has 1 aliphatic heterocycles. The Morgan fingerprint density at radius 3 is 1.87 bits per heavy atom. The van der Waals surface area contributed by atoms with Gasteiger partial charge in [0.15, 0.2) is 0 Å². The topological polar surface area (TPSA) is 152 Å². The molecule has 14 heteroatoms. The Morgan fingerprint density at radius 1 is 0.827 bits per heavy atom. The second-order valence-corrected chi connectivity index (χ2v) is 18.3. The zero-order valence-electron chi connectivity index (χ0n) is 31.8. The fraction of sp³-hybridized carbons (Fsp3) is 0.526. The average molecular weight is 743 g/mol. The van der Waals surface area contributed by atoms with Gasteiger partial charge in [0.2, 0.25) is 0 Å². The number of imide groups is 3. The minimum Gasteiger partial charge on any atom is -0.489 e. The third kappa shape index (κ3) is 10.1. The highest BCUT2D eigenvalue weighted by molar-refractivity contribution is 7.85. The van der Waals surface area contributed by atoms with E-state index < -0.39 is 51.0 Å². The molecule has 2 aromatic carbocycles. The van der Waals surface area contributed by atoms with E-state index >= 15 is 0 Å². The molecule has 1 aromatic heterocycles. The van der Waals surface area contributed by atoms with Gasteiger partial charge in [0.05, 0.1) is 29.9 Å². The van der Waals surface area contributed by atoms with Crippen molar-refractivity contribution in [3.05, 3.63) is 65.4 Å². The summed E-state index contributed by atoms with van der Waals surface area (Å²) in [5.41, 5.74) is -1.72. The number of benzene rings is 2. The Labute approximate surface area is 306 Å². The third-order valence-electron chi connectivity index (χ3n) is 8.13. The van der Waals surface area contributed by atoms with Gasteiger partial charge in [0.25, 0.3) is 15.9 Å². The SMILES string of the molecule is CCS(=O)(=O)[NH+]1CCC(c2cn(C(=O)OC(C)(C)C)c3c(C(=O)N(C(=O)OC(C)(C)C)C(=O)OC(C)(C)C)cc(OCc4ccccc4)cc23)CC1. The van der Waals surface area contributed by atoms with Crippen molar-refractivity contribution >= 4 is 45.1 Å². The lowest BCUT2D eigenvalue weighted by Gasteiger charge is -2.28. The Morgan fingerprint density at radius 2 is 1.37 bits per heavy atom. The fourth-order valence-corrected chi connectivity index (χ4v) is 7.14. The van der Waals surface area contributed by atoms with Gasteiger partial charge in [0.1, 0.15) is 29.2 Å². The van der Waals surface area contributed by atoms with Gasteiger partial charge in [-0.15, -0.1) is 4.90 Å². The van der Waals surface area contributed by atoms with Crippen LogP contribution in [0.1, 0.15) is 109 Å². The minimum atomic E-state index is -3.33. The summed E-state index contributed by atoms with van der Waals surface area (Å²) < 4.78 is 50.1. The van der Waals surface area contributed by atoms with Crippen LogP contribution in [0.2, 0.25) is 0 Å². The molecule has 3 amide bonds. The van der Waals surface area contributed by atoms with Crippen molar-refractivity contribution in [2.24, 2.45) is 0 Å². The standard InChI is InChI=1S/C38H51N3O10S/c1-11-52(46,47)39-19-17-26(18-20-39)30-23-40(33(43)49-36(2,3)4)31-28(30)21-27(48-24-25-15-13-12-14-16-25)22-29(31)32(42)41(34(44)50-37(5,6)7)35(45)51-38(8,9)10/h12-16,21-23,26H,11,17-20,24H2,1-10H3/p+1. The van der Waals surface area contributed by atoms with Gasteiger partial charge in [-0.25, -0.2) is 18.7 Å². The second-order valence-electron chi connectivity index (χ2n) is 15.9. The van der Waals surface area contributed by atoms with Gasteiger partial charge in [-0.2, -0.15) is 8.42 Å². The molecule has 0 aliphatic carbocycles. The van der Waals surface area contributed by atoms with E-state index in [2.05, 4.69) is 0 Å². The summed E-state index contributed by atoms with van der Waals surface area (Å²) in [6, 6.07) is 12.4. The molecule has 13 nitrogen and oxygen atoms in total. The summed E-state index contributed by atoms with van der Waals surface area (Å²) in [7, 11) is -3.33. The monoisotopic (exact) mass is 742 g/mol. The Balaban J connectivity index is 1.97. The van der Waals surface area contributed by atoms with Crippen molar-refractivity contribution in [3.63, 3.8) is 0 Å². The molecular formula is C38H52N3O10S+. The van der Waals surface area contributed by atoms with Gasteiger partial charge in [-0.1, -0.05) is 30.3 Å². The molecule has 1 N–H and O–H groups in total. The Hall–Kier alpha value is -4.43. The van der Waals surface area contributed by atoms with E-state index in [9.17, 15) is 27.6 Å². The number of hydrogen-bond donors (Lipinski definition) is 1. The van der Waals surface area contributed by atoms with E-state index in [-0.39, 0.29) is 40.0 Å². The van der Waals surface area contributed by atoms with Crippen LogP contribution in [0.3, 0.4) is 0 Å². The summed E-state index contributed by atoms with van der Waals surface area (Å²) in [5, 5.41) is 0.444. The van der Waals surface area contributed by atoms with Crippen LogP contribution in [0.4, 0.5) is 14.4 Å². The first kappa shape index (κ1) is 40.3. The highest BCUT2D eigenvalue weighted by Gasteiger charge is 2.40. The van der Waals surface area contributed by atoms with E-state index in [0.29, 0.717) is 41.2 Å². The van der Waals surface area contributed by atoms with E-state index in [1.165, 1.54) is 10.6 Å². The van der Waals surface area contributed by atoms with Crippen molar-refractivity contribution in [2.75, 3.05) is 18.8 Å². The number of nitrogens with one attached hydrogen (secondary N) is 1. The van der Waals surface area contributed by atoms with Crippen LogP contribution in [-0.2, 0) is 30.8 Å². The van der Waals surface area contributed by atoms with E-state index in [1.54, 1.807) is 81.5 Å². The first-order valence-corrected chi connectivity index (χ1v) is 19.1. The number of amides is 3. The molecule has 1 fully saturated rings. The number of carbonyl (C=O) groups excluding carboxylic acids is 4. The molecule has 4 rings (SSSR count). The molecule has 3 aromatic rings. The quantitative estimate of drug-likeness (QED) is 0.268. The lowest BCUT2D eigenvalue weighted by atomic mass is 9.89. The summed E-state index contributed by atoms with van der Waals surface area (Å²) in [6.45, 7) is 17.1. The van der Waals surface area contributed by atoms with Gasteiger partial charge in [0, 0.05) is 24.4 Å². The van der Waals surface area contributed by atoms with Crippen molar-refractivity contribution in [1.82, 2.24) is 9.47 Å². The largest absolute Gasteiger partial charge is 0.489 e. The summed E-state index contributed by atoms with van der Waals surface area (Å²) in [4.78, 5) is 56.1. The predicted octanol–water partition coefficient (Wildman–Crippen LogP) is 6.43. The predicted molar refractivity (Wildman–Crippen MR) is 195 cm³/mol. The second kappa shape index (κ2) is 15.3. The molecule has 0 atom stereocenters. The Bertz CT molecular complexity index is 1880. The lowest BCUT2D eigenvalue weighted by molar-refractivity contribution is -0.774. The highest BCUT2D eigenvalue weighted by atomic mass is 32.2. The first-order valence-electron chi connectivity index (χ1n) is 17.5. The molecule has 1 saturated heterocycles. The van der Waals surface area contributed by atoms with Crippen molar-refractivity contribution in [1.29, 1.82) is 0 Å². The number of carbonyl (C=O) groups is 4. The number of sulfonamides is 1. The number of aromatic nitrogens is 1. The number of piperidine rings is 1. The summed E-state index contributed by atoms with van der Waals surface area (Å²) in [5.74, 6) is -1.07. The normalized spacial score (nSPS) is 17.0. The maximum absolute atomic E-state index is 14.7. The number of quaternary nitrogens is 1. The smallest absolute Gasteiger partial charge is 0.427 e. The van der Waals surface area contributed by atoms with E-state index in [0.717, 1.165) is 5.56 Å². The van der Waals surface area contributed by atoms with E-state index in [1.807, 2.05) is 30.3 Å². The molecular weight excluding hydrogens is 690 g/mol. The Kier molecular flexibility index (Phi) is 11.9. The first-order chi connectivity index (χ1) is 24.0. The molecule has 1 aliphatic rings. The van der Waals surface area contributed by atoms with Gasteiger partial charge >= 0.3 is 18.3 Å². The fourth-order valence-electron chi connectivity index (χ4n) is 5.87. The average Bonchev–Trinajstić information content (AvgIpc) is 3.41. The number of ether oxygens (including phenoxy) is 4. The molecule has 0 spiro atoms. The van der Waals surface area contributed by atoms with Crippen LogP contribution in [0.15, 0.2) is 48.7 Å². The molecule has 52 heavy (non-hydrogen) atoms. The summed E-state index contributed by atoms with van der Waals surface area (Å²) in [6.07, 6.45) is -0.790. The van der Waals surface area contributed by atoms with Crippen molar-refractivity contribution in [3.8, 4) is 5.75 Å². The zero-order valence-corrected chi connectivity index (χ0v) is 32.6. The lowest BCUT2D eigenvalue weighted by Crippen LogP contribution is -3.15. The molecule has 284 valence electrons. The van der Waals surface area contributed by atoms with Crippen molar-refractivity contribution < 1.29 is 50.8 Å². The van der Waals surface area contributed by atoms with Crippen LogP contribution in [0, 0.1) is 0 Å². The van der Waals surface area contributed by atoms with Gasteiger partial charge in [-0.05, 0) is 98.4 Å². The molecule has 2 heterocycles. The molecule has 0 saturated carbocycles.